The van der Waals surface area contributed by atoms with Crippen molar-refractivity contribution in [1.29, 1.82) is 0 Å². The highest BCUT2D eigenvalue weighted by atomic mass is 32.2. The van der Waals surface area contributed by atoms with E-state index < -0.39 is 32.7 Å². The molecular formula is C14H12F2N2O3S. The van der Waals surface area contributed by atoms with E-state index in [1.165, 1.54) is 12.3 Å². The topological polar surface area (TPSA) is 59.5 Å². The minimum absolute atomic E-state index is 0.0117. The maximum Gasteiger partial charge on any atom is 0.267 e. The highest BCUT2D eigenvalue weighted by Gasteiger charge is 2.35. The van der Waals surface area contributed by atoms with Crippen LogP contribution < -0.4 is 9.04 Å². The van der Waals surface area contributed by atoms with Crippen LogP contribution in [0.1, 0.15) is 6.92 Å². The van der Waals surface area contributed by atoms with E-state index >= 15 is 0 Å². The van der Waals surface area contributed by atoms with E-state index in [9.17, 15) is 17.2 Å². The second-order valence-corrected chi connectivity index (χ2v) is 6.70. The van der Waals surface area contributed by atoms with Crippen molar-refractivity contribution in [3.05, 3.63) is 48.2 Å². The number of rotatable bonds is 2. The van der Waals surface area contributed by atoms with E-state index in [2.05, 4.69) is 4.98 Å². The third-order valence-corrected chi connectivity index (χ3v) is 5.03. The number of sulfonamides is 1. The molecule has 0 amide bonds. The number of halogens is 2. The van der Waals surface area contributed by atoms with Crippen molar-refractivity contribution >= 4 is 15.7 Å². The Bertz CT molecular complexity index is 827. The normalized spacial score (nSPS) is 17.8. The van der Waals surface area contributed by atoms with Gasteiger partial charge in [-0.2, -0.15) is 0 Å². The van der Waals surface area contributed by atoms with Gasteiger partial charge in [0.05, 0.1) is 6.54 Å². The van der Waals surface area contributed by atoms with Gasteiger partial charge in [-0.1, -0.05) is 0 Å². The second-order valence-electron chi connectivity index (χ2n) is 4.87. The quantitative estimate of drug-likeness (QED) is 0.850. The smallest absolute Gasteiger partial charge is 0.267 e. The first-order valence-corrected chi connectivity index (χ1v) is 7.93. The van der Waals surface area contributed by atoms with E-state index in [0.29, 0.717) is 6.07 Å². The Morgan fingerprint density at radius 1 is 1.32 bits per heavy atom. The number of ether oxygens (including phenoxy) is 1. The lowest BCUT2D eigenvalue weighted by atomic mass is 10.3. The van der Waals surface area contributed by atoms with E-state index in [-0.39, 0.29) is 18.1 Å². The molecule has 2 aromatic rings. The maximum absolute atomic E-state index is 13.9. The van der Waals surface area contributed by atoms with E-state index in [1.54, 1.807) is 13.0 Å². The first-order valence-electron chi connectivity index (χ1n) is 6.49. The molecule has 1 aliphatic rings. The number of pyridine rings is 1. The lowest BCUT2D eigenvalue weighted by Crippen LogP contribution is -2.42. The fourth-order valence-corrected chi connectivity index (χ4v) is 3.84. The molecule has 0 aliphatic carbocycles. The van der Waals surface area contributed by atoms with Crippen LogP contribution in [0.15, 0.2) is 41.4 Å². The van der Waals surface area contributed by atoms with Crippen molar-refractivity contribution in [2.45, 2.75) is 17.9 Å². The molecule has 22 heavy (non-hydrogen) atoms. The van der Waals surface area contributed by atoms with Gasteiger partial charge in [0, 0.05) is 12.3 Å². The molecule has 0 bridgehead atoms. The number of fused-ring (bicyclic) bond motifs is 1. The van der Waals surface area contributed by atoms with Crippen molar-refractivity contribution in [2.24, 2.45) is 0 Å². The number of aromatic nitrogens is 1. The summed E-state index contributed by atoms with van der Waals surface area (Å²) >= 11 is 0. The molecule has 2 heterocycles. The minimum Gasteiger partial charge on any atom is -0.471 e. The van der Waals surface area contributed by atoms with Crippen LogP contribution in [0.2, 0.25) is 0 Å². The van der Waals surface area contributed by atoms with Gasteiger partial charge in [0.25, 0.3) is 10.0 Å². The van der Waals surface area contributed by atoms with Crippen molar-refractivity contribution < 1.29 is 21.9 Å². The van der Waals surface area contributed by atoms with Crippen molar-refractivity contribution in [3.8, 4) is 5.88 Å². The molecular weight excluding hydrogens is 314 g/mol. The third-order valence-electron chi connectivity index (χ3n) is 3.22. The maximum atomic E-state index is 13.9. The molecule has 0 N–H and O–H groups in total. The predicted molar refractivity (Wildman–Crippen MR) is 75.2 cm³/mol. The molecule has 1 atom stereocenters. The van der Waals surface area contributed by atoms with Gasteiger partial charge in [0.1, 0.15) is 28.3 Å². The SMILES string of the molecule is C[C@@H]1CN(S(=O)(=O)c2ccc(F)cc2F)c2cccnc2O1. The lowest BCUT2D eigenvalue weighted by molar-refractivity contribution is 0.210. The average molecular weight is 326 g/mol. The monoisotopic (exact) mass is 326 g/mol. The summed E-state index contributed by atoms with van der Waals surface area (Å²) in [6, 6.07) is 5.44. The highest BCUT2D eigenvalue weighted by molar-refractivity contribution is 7.92. The van der Waals surface area contributed by atoms with Crippen LogP contribution in [0.5, 0.6) is 5.88 Å². The van der Waals surface area contributed by atoms with Gasteiger partial charge in [0.2, 0.25) is 5.88 Å². The van der Waals surface area contributed by atoms with Gasteiger partial charge < -0.3 is 4.74 Å². The molecule has 0 unspecified atom stereocenters. The van der Waals surface area contributed by atoms with Gasteiger partial charge in [-0.05, 0) is 31.2 Å². The van der Waals surface area contributed by atoms with Crippen LogP contribution in [-0.2, 0) is 10.0 Å². The Morgan fingerprint density at radius 3 is 2.82 bits per heavy atom. The Balaban J connectivity index is 2.13. The zero-order chi connectivity index (χ0) is 15.9. The van der Waals surface area contributed by atoms with E-state index in [1.807, 2.05) is 0 Å². The van der Waals surface area contributed by atoms with Crippen LogP contribution in [0, 0.1) is 11.6 Å². The Labute approximate surface area is 126 Å². The van der Waals surface area contributed by atoms with Crippen molar-refractivity contribution in [3.63, 3.8) is 0 Å². The molecule has 1 aromatic carbocycles. The molecule has 0 radical (unpaired) electrons. The van der Waals surface area contributed by atoms with Gasteiger partial charge in [-0.15, -0.1) is 0 Å². The summed E-state index contributed by atoms with van der Waals surface area (Å²) < 4.78 is 58.8. The van der Waals surface area contributed by atoms with Gasteiger partial charge in [-0.3, -0.25) is 4.31 Å². The molecule has 0 saturated carbocycles. The molecule has 1 aromatic heterocycles. The van der Waals surface area contributed by atoms with Crippen LogP contribution in [0.4, 0.5) is 14.5 Å². The molecule has 0 fully saturated rings. The second kappa shape index (κ2) is 5.20. The molecule has 8 heteroatoms. The first kappa shape index (κ1) is 14.7. The summed E-state index contributed by atoms with van der Waals surface area (Å²) in [5.41, 5.74) is 0.226. The molecule has 5 nitrogen and oxygen atoms in total. The number of anilines is 1. The Hall–Kier alpha value is -2.22. The summed E-state index contributed by atoms with van der Waals surface area (Å²) in [7, 11) is -4.18. The summed E-state index contributed by atoms with van der Waals surface area (Å²) in [6.45, 7) is 1.69. The number of nitrogens with zero attached hydrogens (tertiary/aromatic N) is 2. The molecule has 116 valence electrons. The first-order chi connectivity index (χ1) is 10.4. The van der Waals surface area contributed by atoms with Gasteiger partial charge >= 0.3 is 0 Å². The molecule has 0 spiro atoms. The zero-order valence-corrected chi connectivity index (χ0v) is 12.3. The number of hydrogen-bond acceptors (Lipinski definition) is 4. The highest BCUT2D eigenvalue weighted by Crippen LogP contribution is 2.35. The fraction of sp³-hybridized carbons (Fsp3) is 0.214. The largest absolute Gasteiger partial charge is 0.471 e. The predicted octanol–water partition coefficient (Wildman–Crippen LogP) is 2.34. The zero-order valence-electron chi connectivity index (χ0n) is 11.5. The summed E-state index contributed by atoms with van der Waals surface area (Å²) in [4.78, 5) is 3.40. The Kier molecular flexibility index (Phi) is 3.48. The number of benzene rings is 1. The van der Waals surface area contributed by atoms with E-state index in [0.717, 1.165) is 16.4 Å². The van der Waals surface area contributed by atoms with Crippen molar-refractivity contribution in [1.82, 2.24) is 4.98 Å². The Morgan fingerprint density at radius 2 is 2.09 bits per heavy atom. The van der Waals surface area contributed by atoms with Gasteiger partial charge in [0.15, 0.2) is 0 Å². The summed E-state index contributed by atoms with van der Waals surface area (Å²) in [5, 5.41) is 0. The fourth-order valence-electron chi connectivity index (χ4n) is 2.25. The van der Waals surface area contributed by atoms with Crippen LogP contribution in [0.25, 0.3) is 0 Å². The third kappa shape index (κ3) is 2.39. The lowest BCUT2D eigenvalue weighted by Gasteiger charge is -2.33. The average Bonchev–Trinajstić information content (AvgIpc) is 2.45. The summed E-state index contributed by atoms with van der Waals surface area (Å²) in [5.74, 6) is -1.81. The standard InChI is InChI=1S/C14H12F2N2O3S/c1-9-8-18(12-3-2-6-17-14(12)21-9)22(19,20)13-5-4-10(15)7-11(13)16/h2-7,9H,8H2,1H3/t9-/m1/s1. The van der Waals surface area contributed by atoms with Crippen LogP contribution in [-0.4, -0.2) is 26.1 Å². The molecule has 3 rings (SSSR count). The van der Waals surface area contributed by atoms with Crippen LogP contribution in [0.3, 0.4) is 0 Å². The van der Waals surface area contributed by atoms with Crippen molar-refractivity contribution in [2.75, 3.05) is 10.8 Å². The van der Waals surface area contributed by atoms with Crippen LogP contribution >= 0.6 is 0 Å². The minimum atomic E-state index is -4.18. The number of hydrogen-bond donors (Lipinski definition) is 0. The molecule has 1 aliphatic heterocycles. The summed E-state index contributed by atoms with van der Waals surface area (Å²) in [6.07, 6.45) is 1.03. The van der Waals surface area contributed by atoms with Gasteiger partial charge in [-0.25, -0.2) is 22.2 Å². The molecule has 0 saturated heterocycles. The van der Waals surface area contributed by atoms with E-state index in [4.69, 9.17) is 4.74 Å².